The lowest BCUT2D eigenvalue weighted by Gasteiger charge is -2.20. The predicted molar refractivity (Wildman–Crippen MR) is 353 cm³/mol. The second-order valence-corrected chi connectivity index (χ2v) is 25.8. The van der Waals surface area contributed by atoms with Gasteiger partial charge in [0.15, 0.2) is 46.0 Å². The van der Waals surface area contributed by atoms with E-state index < -0.39 is 0 Å². The zero-order valence-corrected chi connectivity index (χ0v) is 49.3. The van der Waals surface area contributed by atoms with Crippen LogP contribution in [0.2, 0.25) is 0 Å². The summed E-state index contributed by atoms with van der Waals surface area (Å²) in [6.45, 7) is 3.84. The maximum Gasteiger partial charge on any atom is 0.180 e. The van der Waals surface area contributed by atoms with Gasteiger partial charge in [0.1, 0.15) is 52.9 Å². The number of ether oxygens (including phenoxy) is 8. The molecule has 0 amide bonds. The molecule has 0 radical (unpaired) electrons. The van der Waals surface area contributed by atoms with Crippen molar-refractivity contribution in [3.8, 4) is 130 Å². The highest BCUT2D eigenvalue weighted by Crippen LogP contribution is 2.60. The van der Waals surface area contributed by atoms with Crippen molar-refractivity contribution in [1.82, 2.24) is 0 Å². The third-order valence-electron chi connectivity index (χ3n) is 16.8. The van der Waals surface area contributed by atoms with Crippen molar-refractivity contribution in [2.24, 2.45) is 0 Å². The molecule has 12 heteroatoms. The van der Waals surface area contributed by atoms with Crippen molar-refractivity contribution in [2.75, 3.05) is 52.9 Å². The molecule has 416 valence electrons. The van der Waals surface area contributed by atoms with Crippen LogP contribution in [0, 0.1) is 0 Å². The fourth-order valence-electron chi connectivity index (χ4n) is 13.0. The van der Waals surface area contributed by atoms with E-state index in [1.807, 2.05) is 0 Å². The summed E-state index contributed by atoms with van der Waals surface area (Å²) in [5.41, 5.74) is 8.61. The summed E-state index contributed by atoms with van der Waals surface area (Å²) < 4.78 is 52.6. The predicted octanol–water partition coefficient (Wildman–Crippen LogP) is 20.1. The van der Waals surface area contributed by atoms with E-state index in [-0.39, 0.29) is 0 Å². The number of hydrogen-bond donors (Lipinski definition) is 0. The molecule has 86 heavy (non-hydrogen) atoms. The highest BCUT2D eigenvalue weighted by molar-refractivity contribution is 7.21. The molecule has 0 unspecified atom stereocenters. The Hall–Kier alpha value is -9.30. The normalized spacial score (nSPS) is 14.2. The van der Waals surface area contributed by atoms with E-state index in [2.05, 4.69) is 194 Å². The van der Waals surface area contributed by atoms with Gasteiger partial charge in [0.2, 0.25) is 0 Å². The van der Waals surface area contributed by atoms with Crippen molar-refractivity contribution in [1.29, 1.82) is 0 Å². The van der Waals surface area contributed by atoms with Crippen LogP contribution in [-0.2, 0) is 0 Å². The van der Waals surface area contributed by atoms with Gasteiger partial charge in [-0.2, -0.15) is 0 Å². The van der Waals surface area contributed by atoms with Crippen LogP contribution < -0.4 is 37.9 Å². The molecular weight excluding hydrogens is 1150 g/mol. The summed E-state index contributed by atoms with van der Waals surface area (Å²) in [5.74, 6) is 6.35. The lowest BCUT2D eigenvalue weighted by Crippen LogP contribution is -2.14. The number of rotatable bonds is 8. The molecule has 0 spiro atoms. The molecule has 0 atom stereocenters. The van der Waals surface area contributed by atoms with E-state index in [0.29, 0.717) is 52.9 Å². The largest absolute Gasteiger partial charge is 0.485 e. The van der Waals surface area contributed by atoms with E-state index in [9.17, 15) is 0 Å². The number of thiophene rings is 4. The second kappa shape index (κ2) is 20.2. The average Bonchev–Trinajstić information content (AvgIpc) is 0.968. The third kappa shape index (κ3) is 7.90. The first-order valence-electron chi connectivity index (χ1n) is 28.9. The van der Waals surface area contributed by atoms with Gasteiger partial charge in [-0.05, 0) is 123 Å². The van der Waals surface area contributed by atoms with Crippen LogP contribution >= 0.6 is 45.3 Å². The first-order valence-corrected chi connectivity index (χ1v) is 32.2. The van der Waals surface area contributed by atoms with E-state index in [1.54, 1.807) is 45.3 Å². The molecule has 0 fully saturated rings. The Morgan fingerprint density at radius 2 is 0.372 bits per heavy atom. The minimum absolute atomic E-state index is 0.470. The summed E-state index contributed by atoms with van der Waals surface area (Å²) in [7, 11) is 0. The summed E-state index contributed by atoms with van der Waals surface area (Å²) >= 11 is 6.90. The Morgan fingerprint density at radius 3 is 0.570 bits per heavy atom. The van der Waals surface area contributed by atoms with Gasteiger partial charge in [-0.25, -0.2) is 0 Å². The quantitative estimate of drug-likeness (QED) is 0.139. The second-order valence-electron chi connectivity index (χ2n) is 21.7. The van der Waals surface area contributed by atoms with Crippen molar-refractivity contribution in [2.45, 2.75) is 0 Å². The Labute approximate surface area is 510 Å². The van der Waals surface area contributed by atoms with Crippen LogP contribution in [0.1, 0.15) is 0 Å². The van der Waals surface area contributed by atoms with Crippen molar-refractivity contribution in [3.63, 3.8) is 0 Å². The van der Waals surface area contributed by atoms with Gasteiger partial charge >= 0.3 is 0 Å². The molecule has 4 aliphatic heterocycles. The van der Waals surface area contributed by atoms with Crippen molar-refractivity contribution < 1.29 is 37.9 Å². The number of benzene rings is 10. The van der Waals surface area contributed by atoms with Crippen LogP contribution in [0.3, 0.4) is 0 Å². The number of fused-ring (bicyclic) bond motifs is 15. The van der Waals surface area contributed by atoms with Crippen LogP contribution in [0.25, 0.3) is 137 Å². The lowest BCUT2D eigenvalue weighted by atomic mass is 9.85. The molecule has 14 aromatic rings. The number of hydrogen-bond acceptors (Lipinski definition) is 12. The van der Waals surface area contributed by atoms with Crippen LogP contribution in [0.4, 0.5) is 0 Å². The molecule has 8 nitrogen and oxygen atoms in total. The molecule has 4 aliphatic rings. The first kappa shape index (κ1) is 50.1. The van der Waals surface area contributed by atoms with Gasteiger partial charge in [0, 0.05) is 0 Å². The summed E-state index contributed by atoms with van der Waals surface area (Å²) in [4.78, 5) is 8.36. The minimum Gasteiger partial charge on any atom is -0.485 e. The van der Waals surface area contributed by atoms with Crippen molar-refractivity contribution >= 4 is 99.2 Å². The maximum atomic E-state index is 6.63. The zero-order chi connectivity index (χ0) is 56.4. The van der Waals surface area contributed by atoms with E-state index >= 15 is 0 Å². The van der Waals surface area contributed by atoms with Crippen molar-refractivity contribution in [3.05, 3.63) is 194 Å². The molecule has 0 bridgehead atoms. The molecule has 10 aromatic carbocycles. The fourth-order valence-corrected chi connectivity index (χ4v) is 17.8. The third-order valence-corrected chi connectivity index (χ3v) is 21.8. The summed E-state index contributed by atoms with van der Waals surface area (Å²) in [5, 5.41) is 11.3. The molecule has 4 aromatic heterocycles. The molecule has 0 saturated heterocycles. The Bertz CT molecular complexity index is 4430. The summed E-state index contributed by atoms with van der Waals surface area (Å²) in [6, 6.07) is 70.1. The van der Waals surface area contributed by atoms with E-state index in [1.165, 1.54) is 0 Å². The smallest absolute Gasteiger partial charge is 0.180 e. The highest BCUT2D eigenvalue weighted by Gasteiger charge is 2.32. The molecular formula is C74H48O8S4. The lowest BCUT2D eigenvalue weighted by molar-refractivity contribution is 0.175. The van der Waals surface area contributed by atoms with Gasteiger partial charge in [0.25, 0.3) is 0 Å². The highest BCUT2D eigenvalue weighted by atomic mass is 32.1. The molecule has 0 aliphatic carbocycles. The van der Waals surface area contributed by atoms with Crippen LogP contribution in [0.5, 0.6) is 46.0 Å². The van der Waals surface area contributed by atoms with Gasteiger partial charge in [0.05, 0.1) is 39.0 Å². The van der Waals surface area contributed by atoms with Gasteiger partial charge in [-0.3, -0.25) is 0 Å². The summed E-state index contributed by atoms with van der Waals surface area (Å²) in [6.07, 6.45) is 0. The Balaban J connectivity index is 0.968. The van der Waals surface area contributed by atoms with Gasteiger partial charge in [-0.1, -0.05) is 170 Å². The topological polar surface area (TPSA) is 73.8 Å². The van der Waals surface area contributed by atoms with Gasteiger partial charge in [-0.15, -0.1) is 45.3 Å². The van der Waals surface area contributed by atoms with E-state index in [0.717, 1.165) is 183 Å². The molecule has 8 heterocycles. The minimum atomic E-state index is 0.470. The molecule has 18 rings (SSSR count). The first-order chi connectivity index (χ1) is 42.7. The zero-order valence-electron chi connectivity index (χ0n) is 46.0. The fraction of sp³-hybridized carbons (Fsp3) is 0.108. The maximum absolute atomic E-state index is 6.63. The molecule has 0 N–H and O–H groups in total. The van der Waals surface area contributed by atoms with Crippen LogP contribution in [0.15, 0.2) is 194 Å². The monoisotopic (exact) mass is 1190 g/mol. The Morgan fingerprint density at radius 1 is 0.186 bits per heavy atom. The van der Waals surface area contributed by atoms with E-state index in [4.69, 9.17) is 37.9 Å². The average molecular weight is 1190 g/mol. The standard InChI is InChI=1S/C74H48O8S4/c1-5-13-41(14-6-1)67-59-63(79-33-29-75-59)71(83-67)45-21-25-49-50-26-22-47(73-65-61(77-31-35-81-65)69(85-73)43-17-9-3-10-18-43)39-55(50)58-56-40-48(74-66-62(78-32-36-82-66)70(86-74)44-19-11-4-12-20-44)24-28-52(56)51-27-23-46(38-54(51)57(58)53(49)37-45)72-64-60(76-30-34-80-64)68(84-72)42-15-7-2-8-16-42/h1-28,37-40H,29-36H2. The SMILES string of the molecule is c1ccc(-c2sc(-c3ccc4c5ccc(-c6sc(-c7ccccc7)c7c6OCCO7)cc5c5c6cc(-c7sc(-c8ccccc8)c8c7OCCO8)ccc6c6ccc(-c7sc(-c8ccccc8)c8c7OCCO8)cc6c5c4c3)c3c2OCCO3)cc1. The van der Waals surface area contributed by atoms with Crippen LogP contribution in [-0.4, -0.2) is 52.9 Å². The Kier molecular flexibility index (Phi) is 11.7. The van der Waals surface area contributed by atoms with Gasteiger partial charge < -0.3 is 37.9 Å². The molecule has 0 saturated carbocycles.